The van der Waals surface area contributed by atoms with Crippen molar-refractivity contribution >= 4 is 57.2 Å². The second-order valence-corrected chi connectivity index (χ2v) is 7.54. The van der Waals surface area contributed by atoms with E-state index in [4.69, 9.17) is 27.9 Å². The number of hydrogen-bond donors (Lipinski definition) is 2. The van der Waals surface area contributed by atoms with Crippen LogP contribution in [0.1, 0.15) is 30.8 Å². The first kappa shape index (κ1) is 20.5. The van der Waals surface area contributed by atoms with Gasteiger partial charge in [-0.3, -0.25) is 4.79 Å². The maximum Gasteiger partial charge on any atom is 0.358 e. The number of hydrogen-bond acceptors (Lipinski definition) is 6. The minimum Gasteiger partial charge on any atom is -0.451 e. The molecule has 6 nitrogen and oxygen atoms in total. The lowest BCUT2D eigenvalue weighted by Crippen LogP contribution is -2.21. The first-order chi connectivity index (χ1) is 12.4. The maximum atomic E-state index is 12.0. The van der Waals surface area contributed by atoms with Crippen molar-refractivity contribution in [1.82, 2.24) is 4.98 Å². The van der Waals surface area contributed by atoms with E-state index >= 15 is 0 Å². The SMILES string of the molecule is CC(C)CCNc1nc(C(=O)OCC(=O)Nc2c(Cl)cccc2Cl)cs1. The van der Waals surface area contributed by atoms with Gasteiger partial charge in [-0.25, -0.2) is 9.78 Å². The molecule has 0 unspecified atom stereocenters. The third-order valence-electron chi connectivity index (χ3n) is 3.27. The molecule has 2 N–H and O–H groups in total. The molecule has 2 rings (SSSR count). The topological polar surface area (TPSA) is 80.3 Å². The summed E-state index contributed by atoms with van der Waals surface area (Å²) in [7, 11) is 0. The fourth-order valence-corrected chi connectivity index (χ4v) is 3.11. The molecule has 1 heterocycles. The van der Waals surface area contributed by atoms with Crippen LogP contribution in [0, 0.1) is 5.92 Å². The van der Waals surface area contributed by atoms with Crippen LogP contribution in [-0.4, -0.2) is 30.0 Å². The molecule has 0 aliphatic heterocycles. The zero-order chi connectivity index (χ0) is 19.1. The minimum atomic E-state index is -0.668. The lowest BCUT2D eigenvalue weighted by atomic mass is 10.1. The minimum absolute atomic E-state index is 0.158. The molecular formula is C17H19Cl2N3O3S. The summed E-state index contributed by atoms with van der Waals surface area (Å²) in [4.78, 5) is 28.1. The average molecular weight is 416 g/mol. The number of amides is 1. The van der Waals surface area contributed by atoms with Gasteiger partial charge < -0.3 is 15.4 Å². The van der Waals surface area contributed by atoms with Crippen molar-refractivity contribution in [3.05, 3.63) is 39.3 Å². The third kappa shape index (κ3) is 6.16. The van der Waals surface area contributed by atoms with Gasteiger partial charge in [0.15, 0.2) is 17.4 Å². The van der Waals surface area contributed by atoms with Gasteiger partial charge in [0.25, 0.3) is 5.91 Å². The van der Waals surface area contributed by atoms with E-state index in [1.165, 1.54) is 11.3 Å². The number of ether oxygens (including phenoxy) is 1. The second-order valence-electron chi connectivity index (χ2n) is 5.87. The highest BCUT2D eigenvalue weighted by Gasteiger charge is 2.15. The molecule has 1 amide bonds. The molecule has 9 heteroatoms. The fourth-order valence-electron chi connectivity index (χ4n) is 1.91. The molecule has 0 bridgehead atoms. The molecular weight excluding hydrogens is 397 g/mol. The van der Waals surface area contributed by atoms with Crippen molar-refractivity contribution in [2.45, 2.75) is 20.3 Å². The number of anilines is 2. The van der Waals surface area contributed by atoms with Gasteiger partial charge in [-0.05, 0) is 24.5 Å². The van der Waals surface area contributed by atoms with Crippen LogP contribution >= 0.6 is 34.5 Å². The predicted molar refractivity (Wildman–Crippen MR) is 105 cm³/mol. The molecule has 0 aliphatic rings. The summed E-state index contributed by atoms with van der Waals surface area (Å²) in [6, 6.07) is 4.85. The normalized spacial score (nSPS) is 10.7. The zero-order valence-electron chi connectivity index (χ0n) is 14.3. The lowest BCUT2D eigenvalue weighted by molar-refractivity contribution is -0.119. The van der Waals surface area contributed by atoms with Gasteiger partial charge in [0, 0.05) is 11.9 Å². The van der Waals surface area contributed by atoms with Gasteiger partial charge in [-0.1, -0.05) is 43.1 Å². The van der Waals surface area contributed by atoms with Crippen molar-refractivity contribution in [2.24, 2.45) is 5.92 Å². The maximum absolute atomic E-state index is 12.0. The van der Waals surface area contributed by atoms with E-state index in [1.54, 1.807) is 23.6 Å². The summed E-state index contributed by atoms with van der Waals surface area (Å²) < 4.78 is 4.98. The molecule has 0 radical (unpaired) electrons. The van der Waals surface area contributed by atoms with Gasteiger partial charge in [-0.15, -0.1) is 11.3 Å². The molecule has 1 aromatic carbocycles. The highest BCUT2D eigenvalue weighted by molar-refractivity contribution is 7.13. The van der Waals surface area contributed by atoms with E-state index in [0.717, 1.165) is 13.0 Å². The molecule has 0 aliphatic carbocycles. The molecule has 140 valence electrons. The quantitative estimate of drug-likeness (QED) is 0.610. The van der Waals surface area contributed by atoms with Crippen molar-refractivity contribution < 1.29 is 14.3 Å². The third-order valence-corrected chi connectivity index (χ3v) is 4.70. The largest absolute Gasteiger partial charge is 0.451 e. The Kier molecular flexibility index (Phi) is 7.68. The van der Waals surface area contributed by atoms with Crippen molar-refractivity contribution in [2.75, 3.05) is 23.8 Å². The summed E-state index contributed by atoms with van der Waals surface area (Å²) >= 11 is 13.3. The van der Waals surface area contributed by atoms with E-state index in [0.29, 0.717) is 21.1 Å². The van der Waals surface area contributed by atoms with Gasteiger partial charge in [0.05, 0.1) is 15.7 Å². The number of thiazole rings is 1. The number of rotatable bonds is 8. The van der Waals surface area contributed by atoms with Gasteiger partial charge in [0.1, 0.15) is 0 Å². The monoisotopic (exact) mass is 415 g/mol. The highest BCUT2D eigenvalue weighted by atomic mass is 35.5. The Bertz CT molecular complexity index is 760. The van der Waals surface area contributed by atoms with Crippen LogP contribution in [0.15, 0.2) is 23.6 Å². The van der Waals surface area contributed by atoms with Crippen LogP contribution in [0.25, 0.3) is 0 Å². The number of esters is 1. The molecule has 26 heavy (non-hydrogen) atoms. The fraction of sp³-hybridized carbons (Fsp3) is 0.353. The van der Waals surface area contributed by atoms with Crippen LogP contribution < -0.4 is 10.6 Å². The number of halogens is 2. The van der Waals surface area contributed by atoms with Gasteiger partial charge >= 0.3 is 5.97 Å². The number of nitrogens with one attached hydrogen (secondary N) is 2. The first-order valence-corrected chi connectivity index (χ1v) is 9.60. The predicted octanol–water partition coefficient (Wildman–Crippen LogP) is 4.70. The summed E-state index contributed by atoms with van der Waals surface area (Å²) in [5.74, 6) is -0.630. The molecule has 0 saturated heterocycles. The number of carbonyl (C=O) groups excluding carboxylic acids is 2. The number of para-hydroxylation sites is 1. The Hall–Kier alpha value is -1.83. The standard InChI is InChI=1S/C17H19Cl2N3O3S/c1-10(2)6-7-20-17-21-13(9-26-17)16(24)25-8-14(23)22-15-11(18)4-3-5-12(15)19/h3-5,9-10H,6-8H2,1-2H3,(H,20,21)(H,22,23). The first-order valence-electron chi connectivity index (χ1n) is 7.97. The van der Waals surface area contributed by atoms with Crippen LogP contribution in [-0.2, 0) is 9.53 Å². The molecule has 0 saturated carbocycles. The summed E-state index contributed by atoms with van der Waals surface area (Å²) in [5, 5.41) is 8.50. The summed E-state index contributed by atoms with van der Waals surface area (Å²) in [6.45, 7) is 4.58. The van der Waals surface area contributed by atoms with Crippen molar-refractivity contribution in [1.29, 1.82) is 0 Å². The van der Waals surface area contributed by atoms with Crippen molar-refractivity contribution in [3.63, 3.8) is 0 Å². The van der Waals surface area contributed by atoms with E-state index < -0.39 is 18.5 Å². The molecule has 2 aromatic rings. The van der Waals surface area contributed by atoms with E-state index in [1.807, 2.05) is 0 Å². The number of carbonyl (C=O) groups is 2. The molecule has 0 atom stereocenters. The summed E-state index contributed by atoms with van der Waals surface area (Å²) in [6.07, 6.45) is 1.00. The van der Waals surface area contributed by atoms with E-state index in [2.05, 4.69) is 29.5 Å². The van der Waals surface area contributed by atoms with Gasteiger partial charge in [0.2, 0.25) is 0 Å². The van der Waals surface area contributed by atoms with Crippen molar-refractivity contribution in [3.8, 4) is 0 Å². The molecule has 1 aromatic heterocycles. The van der Waals surface area contributed by atoms with Crippen LogP contribution in [0.2, 0.25) is 10.0 Å². The smallest absolute Gasteiger partial charge is 0.358 e. The number of benzene rings is 1. The van der Waals surface area contributed by atoms with E-state index in [-0.39, 0.29) is 11.4 Å². The lowest BCUT2D eigenvalue weighted by Gasteiger charge is -2.09. The Balaban J connectivity index is 1.83. The average Bonchev–Trinajstić information content (AvgIpc) is 3.05. The van der Waals surface area contributed by atoms with Crippen LogP contribution in [0.3, 0.4) is 0 Å². The Morgan fingerprint density at radius 1 is 1.27 bits per heavy atom. The van der Waals surface area contributed by atoms with Crippen LogP contribution in [0.5, 0.6) is 0 Å². The highest BCUT2D eigenvalue weighted by Crippen LogP contribution is 2.29. The van der Waals surface area contributed by atoms with Crippen LogP contribution in [0.4, 0.5) is 10.8 Å². The Labute approximate surface area is 165 Å². The molecule has 0 fully saturated rings. The molecule has 0 spiro atoms. The Morgan fingerprint density at radius 3 is 2.62 bits per heavy atom. The second kappa shape index (κ2) is 9.75. The number of aromatic nitrogens is 1. The summed E-state index contributed by atoms with van der Waals surface area (Å²) in [5.41, 5.74) is 0.438. The number of nitrogens with zero attached hydrogens (tertiary/aromatic N) is 1. The zero-order valence-corrected chi connectivity index (χ0v) is 16.7. The van der Waals surface area contributed by atoms with E-state index in [9.17, 15) is 9.59 Å². The Morgan fingerprint density at radius 2 is 1.96 bits per heavy atom. The van der Waals surface area contributed by atoms with Gasteiger partial charge in [-0.2, -0.15) is 0 Å².